The maximum atomic E-state index is 2.50. The van der Waals surface area contributed by atoms with Crippen molar-refractivity contribution in [2.24, 2.45) is 0 Å². The van der Waals surface area contributed by atoms with Crippen molar-refractivity contribution >= 4 is 27.8 Å². The minimum absolute atomic E-state index is 0.781. The zero-order chi connectivity index (χ0) is 44.5. The molecule has 1 aliphatic carbocycles. The molecule has 0 unspecified atom stereocenters. The van der Waals surface area contributed by atoms with E-state index in [1.807, 2.05) is 0 Å². The molecular weight excluding hydrogens is 807 g/mol. The lowest BCUT2D eigenvalue weighted by atomic mass is 9.83. The minimum Gasteiger partial charge on any atom is -0.310 e. The molecule has 1 heteroatoms. The second-order valence-electron chi connectivity index (χ2n) is 17.6. The van der Waals surface area contributed by atoms with Crippen LogP contribution in [0.5, 0.6) is 0 Å². The van der Waals surface area contributed by atoms with Crippen molar-refractivity contribution in [1.82, 2.24) is 0 Å². The van der Waals surface area contributed by atoms with Crippen molar-refractivity contribution in [2.75, 3.05) is 4.90 Å². The van der Waals surface area contributed by atoms with Crippen LogP contribution in [0.25, 0.3) is 77.5 Å². The molecule has 0 atom stereocenters. The normalized spacial score (nSPS) is 11.8. The highest BCUT2D eigenvalue weighted by molar-refractivity contribution is 6.02. The van der Waals surface area contributed by atoms with Gasteiger partial charge in [0, 0.05) is 16.9 Å². The van der Waals surface area contributed by atoms with Gasteiger partial charge in [-0.25, -0.2) is 0 Å². The Morgan fingerprint density at radius 1 is 0.254 bits per heavy atom. The molecule has 11 aromatic carbocycles. The van der Waals surface area contributed by atoms with Crippen LogP contribution in [-0.4, -0.2) is 0 Å². The molecule has 0 aromatic heterocycles. The molecule has 0 amide bonds. The fourth-order valence-electron chi connectivity index (χ4n) is 10.5. The first kappa shape index (κ1) is 40.0. The number of benzene rings is 11. The summed E-state index contributed by atoms with van der Waals surface area (Å²) in [5.74, 6) is 0. The van der Waals surface area contributed by atoms with E-state index < -0.39 is 0 Å². The Hall–Kier alpha value is -8.52. The first-order valence-corrected chi connectivity index (χ1v) is 23.3. The number of hydrogen-bond donors (Lipinski definition) is 0. The highest BCUT2D eigenvalue weighted by atomic mass is 15.1. The first-order valence-electron chi connectivity index (χ1n) is 23.3. The summed E-state index contributed by atoms with van der Waals surface area (Å²) in [7, 11) is 0. The Balaban J connectivity index is 1.12. The Morgan fingerprint density at radius 3 is 1.34 bits per heavy atom. The van der Waals surface area contributed by atoms with Crippen LogP contribution < -0.4 is 4.90 Å². The van der Waals surface area contributed by atoms with Crippen molar-refractivity contribution < 1.29 is 0 Å². The van der Waals surface area contributed by atoms with Crippen molar-refractivity contribution in [2.45, 2.75) is 12.8 Å². The number of fused-ring (bicyclic) bond motifs is 7. The molecule has 1 aliphatic rings. The summed E-state index contributed by atoms with van der Waals surface area (Å²) in [5, 5.41) is 2.49. The summed E-state index contributed by atoms with van der Waals surface area (Å²) in [5.41, 5.74) is 23.3. The predicted octanol–water partition coefficient (Wildman–Crippen LogP) is 17.8. The molecule has 0 fully saturated rings. The van der Waals surface area contributed by atoms with Gasteiger partial charge >= 0.3 is 0 Å². The molecule has 67 heavy (non-hydrogen) atoms. The monoisotopic (exact) mass is 853 g/mol. The average Bonchev–Trinajstić information content (AvgIpc) is 3.40. The van der Waals surface area contributed by atoms with E-state index in [0.29, 0.717) is 0 Å². The zero-order valence-electron chi connectivity index (χ0n) is 37.2. The van der Waals surface area contributed by atoms with Gasteiger partial charge in [0.25, 0.3) is 0 Å². The van der Waals surface area contributed by atoms with Gasteiger partial charge in [0.2, 0.25) is 0 Å². The van der Waals surface area contributed by atoms with Gasteiger partial charge in [-0.05, 0) is 137 Å². The standard InChI is InChI=1S/C66H47N/c1-3-19-46(20-4-1)58-29-15-16-33-64(58)66-63(48-21-5-2-6-22-48)35-18-36-65(66)67(54-39-37-49(38-40-54)57-34-17-27-47-23-7-11-28-56(47)57)55-41-42-62-53(45-55)44-52-26-10-13-31-60(52)59-30-12-8-24-50(59)43-51-25-9-14-32-61(51)62/h1-42,45H,43-44H2. The van der Waals surface area contributed by atoms with Gasteiger partial charge in [-0.2, -0.15) is 0 Å². The van der Waals surface area contributed by atoms with Gasteiger partial charge in [0.1, 0.15) is 0 Å². The topological polar surface area (TPSA) is 3.24 Å². The number of rotatable bonds is 7. The summed E-state index contributed by atoms with van der Waals surface area (Å²) in [4.78, 5) is 2.50. The molecule has 0 N–H and O–H groups in total. The molecule has 0 spiro atoms. The Kier molecular flexibility index (Phi) is 10.4. The van der Waals surface area contributed by atoms with Crippen LogP contribution in [0.3, 0.4) is 0 Å². The van der Waals surface area contributed by atoms with Crippen molar-refractivity contribution in [3.05, 3.63) is 283 Å². The van der Waals surface area contributed by atoms with Gasteiger partial charge in [0.15, 0.2) is 0 Å². The molecular formula is C66H47N. The van der Waals surface area contributed by atoms with E-state index in [-0.39, 0.29) is 0 Å². The summed E-state index contributed by atoms with van der Waals surface area (Å²) in [6, 6.07) is 96.1. The number of nitrogens with zero attached hydrogens (tertiary/aromatic N) is 1. The molecule has 316 valence electrons. The van der Waals surface area contributed by atoms with Gasteiger partial charge in [-0.15, -0.1) is 0 Å². The van der Waals surface area contributed by atoms with E-state index in [2.05, 4.69) is 266 Å². The summed E-state index contributed by atoms with van der Waals surface area (Å²) in [6.45, 7) is 0. The lowest BCUT2D eigenvalue weighted by molar-refractivity contribution is 1.14. The van der Waals surface area contributed by atoms with Gasteiger partial charge in [0.05, 0.1) is 5.69 Å². The first-order chi connectivity index (χ1) is 33.2. The molecule has 0 radical (unpaired) electrons. The maximum absolute atomic E-state index is 2.50. The van der Waals surface area contributed by atoms with Crippen LogP contribution in [0.1, 0.15) is 22.3 Å². The highest BCUT2D eigenvalue weighted by Crippen LogP contribution is 2.49. The fraction of sp³-hybridized carbons (Fsp3) is 0.0303. The van der Waals surface area contributed by atoms with Crippen molar-refractivity contribution in [3.8, 4) is 66.8 Å². The van der Waals surface area contributed by atoms with E-state index in [1.54, 1.807) is 0 Å². The summed E-state index contributed by atoms with van der Waals surface area (Å²) < 4.78 is 0. The lowest BCUT2D eigenvalue weighted by Crippen LogP contribution is -2.13. The summed E-state index contributed by atoms with van der Waals surface area (Å²) in [6.07, 6.45) is 1.64. The minimum atomic E-state index is 0.781. The molecule has 0 saturated carbocycles. The van der Waals surface area contributed by atoms with Crippen LogP contribution >= 0.6 is 0 Å². The van der Waals surface area contributed by atoms with E-state index in [4.69, 9.17) is 0 Å². The average molecular weight is 854 g/mol. The Bertz CT molecular complexity index is 3560. The second kappa shape index (κ2) is 17.5. The van der Waals surface area contributed by atoms with Crippen LogP contribution in [-0.2, 0) is 12.8 Å². The van der Waals surface area contributed by atoms with Crippen LogP contribution in [0, 0.1) is 0 Å². The zero-order valence-corrected chi connectivity index (χ0v) is 37.2. The molecule has 0 heterocycles. The quantitative estimate of drug-likeness (QED) is 0.154. The van der Waals surface area contributed by atoms with E-state index in [9.17, 15) is 0 Å². The smallest absolute Gasteiger partial charge is 0.0546 e. The second-order valence-corrected chi connectivity index (χ2v) is 17.6. The number of hydrogen-bond acceptors (Lipinski definition) is 1. The molecule has 11 aromatic rings. The SMILES string of the molecule is c1ccc(-c2ccccc2-c2c(-c3ccccc3)cccc2N(c2ccc(-c3cccc4ccccc34)cc2)c2ccc3c(c2)Cc2ccccc2-c2ccccc2Cc2ccccc2-3)cc1. The Morgan fingerprint density at radius 2 is 0.687 bits per heavy atom. The third-order valence-electron chi connectivity index (χ3n) is 13.6. The fourth-order valence-corrected chi connectivity index (χ4v) is 10.5. The Labute approximate surface area is 393 Å². The molecule has 0 aliphatic heterocycles. The molecule has 0 saturated heterocycles. The lowest BCUT2D eigenvalue weighted by Gasteiger charge is -2.31. The van der Waals surface area contributed by atoms with Crippen molar-refractivity contribution in [3.63, 3.8) is 0 Å². The van der Waals surface area contributed by atoms with Gasteiger partial charge < -0.3 is 4.90 Å². The molecule has 0 bridgehead atoms. The molecule has 1 nitrogen and oxygen atoms in total. The third kappa shape index (κ3) is 7.51. The largest absolute Gasteiger partial charge is 0.310 e. The van der Waals surface area contributed by atoms with Crippen LogP contribution in [0.2, 0.25) is 0 Å². The number of anilines is 3. The van der Waals surface area contributed by atoms with E-state index in [1.165, 1.54) is 99.8 Å². The predicted molar refractivity (Wildman–Crippen MR) is 283 cm³/mol. The van der Waals surface area contributed by atoms with Gasteiger partial charge in [-0.3, -0.25) is 0 Å². The van der Waals surface area contributed by atoms with Crippen molar-refractivity contribution in [1.29, 1.82) is 0 Å². The summed E-state index contributed by atoms with van der Waals surface area (Å²) >= 11 is 0. The third-order valence-corrected chi connectivity index (χ3v) is 13.6. The van der Waals surface area contributed by atoms with E-state index in [0.717, 1.165) is 29.9 Å². The molecule has 12 rings (SSSR count). The van der Waals surface area contributed by atoms with Crippen LogP contribution in [0.15, 0.2) is 261 Å². The van der Waals surface area contributed by atoms with Gasteiger partial charge in [-0.1, -0.05) is 231 Å². The highest BCUT2D eigenvalue weighted by Gasteiger charge is 2.25. The van der Waals surface area contributed by atoms with E-state index >= 15 is 0 Å². The van der Waals surface area contributed by atoms with Crippen LogP contribution in [0.4, 0.5) is 17.1 Å². The maximum Gasteiger partial charge on any atom is 0.0546 e.